The predicted octanol–water partition coefficient (Wildman–Crippen LogP) is 10.1. The fourth-order valence-corrected chi connectivity index (χ4v) is 9.39. The third-order valence-electron chi connectivity index (χ3n) is 7.08. The number of nitrogens with zero attached hydrogens (tertiary/aromatic N) is 1. The van der Waals surface area contributed by atoms with E-state index in [0.29, 0.717) is 6.61 Å². The van der Waals surface area contributed by atoms with Crippen molar-refractivity contribution >= 4 is 34.8 Å². The Morgan fingerprint density at radius 1 is 0.500 bits per heavy atom. The number of benzene rings is 5. The van der Waals surface area contributed by atoms with Crippen LogP contribution in [-0.2, 0) is 4.52 Å². The zero-order chi connectivity index (χ0) is 27.2. The standard InChI is InChI=1S/C37H32NOP/c1-2-39-40(38(34-24-14-6-15-25-34)35-26-16-7-17-27-35)36(31-20-10-4-11-21-31)28-33(30-18-8-3-9-19-30)29-37(40)32-22-12-5-13-23-32/h3-29H,2H2,1H3. The van der Waals surface area contributed by atoms with Gasteiger partial charge in [-0.1, -0.05) is 127 Å². The summed E-state index contributed by atoms with van der Waals surface area (Å²) in [6, 6.07) is 53.5. The van der Waals surface area contributed by atoms with Crippen LogP contribution in [0.5, 0.6) is 0 Å². The zero-order valence-electron chi connectivity index (χ0n) is 22.6. The highest BCUT2D eigenvalue weighted by Gasteiger charge is 2.39. The summed E-state index contributed by atoms with van der Waals surface area (Å²) in [5.41, 5.74) is 6.89. The lowest BCUT2D eigenvalue weighted by molar-refractivity contribution is 0.380. The van der Waals surface area contributed by atoms with Crippen LogP contribution in [0.25, 0.3) is 10.9 Å². The number of para-hydroxylation sites is 2. The Labute approximate surface area is 237 Å². The number of hydrogen-bond acceptors (Lipinski definition) is 2. The van der Waals surface area contributed by atoms with Crippen molar-refractivity contribution in [2.45, 2.75) is 6.92 Å². The quantitative estimate of drug-likeness (QED) is 0.183. The van der Waals surface area contributed by atoms with E-state index >= 15 is 0 Å². The van der Waals surface area contributed by atoms with Crippen LogP contribution in [0.2, 0.25) is 0 Å². The number of hydrogen-bond donors (Lipinski definition) is 0. The van der Waals surface area contributed by atoms with Gasteiger partial charge in [0, 0.05) is 22.0 Å². The normalized spacial score (nSPS) is 16.7. The molecule has 0 bridgehead atoms. The SMILES string of the molecule is CCOP1(N(c2ccccc2)c2ccccc2)=C(c2ccccc2)C=C(c2ccccc2)C=C1c1ccccc1. The summed E-state index contributed by atoms with van der Waals surface area (Å²) in [4.78, 5) is 0. The van der Waals surface area contributed by atoms with Gasteiger partial charge in [0.15, 0.2) is 0 Å². The molecule has 0 aliphatic carbocycles. The Kier molecular flexibility index (Phi) is 7.64. The van der Waals surface area contributed by atoms with Gasteiger partial charge in [0.2, 0.25) is 0 Å². The molecule has 0 N–H and O–H groups in total. The Morgan fingerprint density at radius 3 is 1.40 bits per heavy atom. The van der Waals surface area contributed by atoms with Gasteiger partial charge in [-0.3, -0.25) is 4.67 Å². The van der Waals surface area contributed by atoms with E-state index in [4.69, 9.17) is 4.52 Å². The van der Waals surface area contributed by atoms with E-state index < -0.39 is 7.26 Å². The third-order valence-corrected chi connectivity index (χ3v) is 10.8. The van der Waals surface area contributed by atoms with Crippen LogP contribution >= 0.6 is 7.26 Å². The number of rotatable bonds is 8. The van der Waals surface area contributed by atoms with Gasteiger partial charge < -0.3 is 4.52 Å². The number of allylic oxidation sites excluding steroid dienone is 3. The van der Waals surface area contributed by atoms with Crippen LogP contribution in [-0.4, -0.2) is 11.9 Å². The topological polar surface area (TPSA) is 12.5 Å². The second kappa shape index (κ2) is 11.8. The maximum absolute atomic E-state index is 7.25. The minimum atomic E-state index is -2.73. The highest BCUT2D eigenvalue weighted by atomic mass is 31.2. The first-order valence-electron chi connectivity index (χ1n) is 13.7. The molecule has 1 unspecified atom stereocenters. The van der Waals surface area contributed by atoms with Gasteiger partial charge in [-0.25, -0.2) is 0 Å². The summed E-state index contributed by atoms with van der Waals surface area (Å²) >= 11 is 0. The highest BCUT2D eigenvalue weighted by molar-refractivity contribution is 7.83. The van der Waals surface area contributed by atoms with Crippen LogP contribution in [0.3, 0.4) is 0 Å². The lowest BCUT2D eigenvalue weighted by Crippen LogP contribution is -2.24. The van der Waals surface area contributed by atoms with Crippen molar-refractivity contribution in [1.29, 1.82) is 0 Å². The predicted molar refractivity (Wildman–Crippen MR) is 173 cm³/mol. The third kappa shape index (κ3) is 4.89. The lowest BCUT2D eigenvalue weighted by atomic mass is 10.0. The summed E-state index contributed by atoms with van der Waals surface area (Å²) in [5, 5.41) is 2.39. The first kappa shape index (κ1) is 25.9. The van der Waals surface area contributed by atoms with Crippen LogP contribution < -0.4 is 4.67 Å². The molecule has 3 heteroatoms. The fourth-order valence-electron chi connectivity index (χ4n) is 5.38. The largest absolute Gasteiger partial charge is 0.338 e. The molecule has 0 radical (unpaired) electrons. The molecule has 5 aromatic carbocycles. The minimum absolute atomic E-state index is 0.568. The molecule has 1 heterocycles. The smallest absolute Gasteiger partial charge is 0.135 e. The molecule has 2 nitrogen and oxygen atoms in total. The fraction of sp³-hybridized carbons (Fsp3) is 0.0541. The summed E-state index contributed by atoms with van der Waals surface area (Å²) in [6.45, 7) is 2.68. The van der Waals surface area contributed by atoms with Crippen molar-refractivity contribution in [1.82, 2.24) is 0 Å². The lowest BCUT2D eigenvalue weighted by Gasteiger charge is -2.44. The summed E-state index contributed by atoms with van der Waals surface area (Å²) in [6.07, 6.45) is 4.72. The molecule has 0 amide bonds. The molecule has 6 rings (SSSR count). The molecule has 0 spiro atoms. The summed E-state index contributed by atoms with van der Waals surface area (Å²) < 4.78 is 9.72. The van der Waals surface area contributed by atoms with Gasteiger partial charge in [-0.2, -0.15) is 0 Å². The van der Waals surface area contributed by atoms with Gasteiger partial charge in [0.05, 0.1) is 6.61 Å². The number of anilines is 2. The maximum atomic E-state index is 7.25. The second-order valence-corrected chi connectivity index (χ2v) is 12.4. The van der Waals surface area contributed by atoms with Gasteiger partial charge in [-0.05, 0) is 65.6 Å². The van der Waals surface area contributed by atoms with E-state index in [9.17, 15) is 0 Å². The van der Waals surface area contributed by atoms with E-state index in [-0.39, 0.29) is 0 Å². The molecular formula is C37H32NOP. The van der Waals surface area contributed by atoms with E-state index in [1.165, 1.54) is 21.7 Å². The molecular weight excluding hydrogens is 505 g/mol. The Bertz CT molecular complexity index is 1630. The van der Waals surface area contributed by atoms with E-state index in [1.807, 2.05) is 0 Å². The zero-order valence-corrected chi connectivity index (χ0v) is 23.5. The molecule has 40 heavy (non-hydrogen) atoms. The van der Waals surface area contributed by atoms with E-state index in [2.05, 4.69) is 175 Å². The van der Waals surface area contributed by atoms with Crippen molar-refractivity contribution in [3.8, 4) is 0 Å². The van der Waals surface area contributed by atoms with Gasteiger partial charge in [0.25, 0.3) is 0 Å². The Hall–Kier alpha value is -4.36. The molecule has 5 aromatic rings. The average molecular weight is 538 g/mol. The van der Waals surface area contributed by atoms with Gasteiger partial charge >= 0.3 is 0 Å². The second-order valence-electron chi connectivity index (χ2n) is 9.59. The molecule has 196 valence electrons. The van der Waals surface area contributed by atoms with Crippen LogP contribution in [0.4, 0.5) is 11.4 Å². The van der Waals surface area contributed by atoms with E-state index in [1.54, 1.807) is 0 Å². The van der Waals surface area contributed by atoms with Crippen molar-refractivity contribution < 1.29 is 4.52 Å². The van der Waals surface area contributed by atoms with Crippen LogP contribution in [0.1, 0.15) is 23.6 Å². The molecule has 1 aliphatic heterocycles. The summed E-state index contributed by atoms with van der Waals surface area (Å²) in [7, 11) is -2.73. The van der Waals surface area contributed by atoms with Crippen LogP contribution in [0, 0.1) is 0 Å². The average Bonchev–Trinajstić information content (AvgIpc) is 3.04. The van der Waals surface area contributed by atoms with E-state index in [0.717, 1.165) is 22.5 Å². The first-order chi connectivity index (χ1) is 19.8. The molecule has 0 aromatic heterocycles. The minimum Gasteiger partial charge on any atom is -0.338 e. The molecule has 1 atom stereocenters. The van der Waals surface area contributed by atoms with Crippen molar-refractivity contribution in [2.24, 2.45) is 0 Å². The highest BCUT2D eigenvalue weighted by Crippen LogP contribution is 2.70. The van der Waals surface area contributed by atoms with Crippen molar-refractivity contribution in [2.75, 3.05) is 11.3 Å². The van der Waals surface area contributed by atoms with Crippen molar-refractivity contribution in [3.05, 3.63) is 181 Å². The monoisotopic (exact) mass is 537 g/mol. The molecule has 0 saturated carbocycles. The molecule has 0 saturated heterocycles. The van der Waals surface area contributed by atoms with Crippen molar-refractivity contribution in [3.63, 3.8) is 0 Å². The van der Waals surface area contributed by atoms with Crippen LogP contribution in [0.15, 0.2) is 164 Å². The summed E-state index contributed by atoms with van der Waals surface area (Å²) in [5.74, 6) is 0. The van der Waals surface area contributed by atoms with Gasteiger partial charge in [-0.15, -0.1) is 0 Å². The Balaban J connectivity index is 1.81. The Morgan fingerprint density at radius 2 is 0.925 bits per heavy atom. The molecule has 0 fully saturated rings. The van der Waals surface area contributed by atoms with Gasteiger partial charge in [0.1, 0.15) is 7.26 Å². The molecule has 1 aliphatic rings. The first-order valence-corrected chi connectivity index (χ1v) is 15.4. The maximum Gasteiger partial charge on any atom is 0.135 e.